The first kappa shape index (κ1) is 19.6. The van der Waals surface area contributed by atoms with Crippen LogP contribution in [-0.4, -0.2) is 26.5 Å². The van der Waals surface area contributed by atoms with Crippen molar-refractivity contribution >= 4 is 87.0 Å². The van der Waals surface area contributed by atoms with Crippen molar-refractivity contribution in [3.63, 3.8) is 0 Å². The minimum absolute atomic E-state index is 0.474. The molecule has 5 rings (SSSR count). The lowest BCUT2D eigenvalue weighted by atomic mass is 10.2. The van der Waals surface area contributed by atoms with Gasteiger partial charge in [0.15, 0.2) is 4.34 Å². The highest BCUT2D eigenvalue weighted by atomic mass is 79.9. The Morgan fingerprint density at radius 2 is 1.62 bits per heavy atom. The van der Waals surface area contributed by atoms with Crippen LogP contribution in [0.3, 0.4) is 0 Å². The third kappa shape index (κ3) is 3.86. The van der Waals surface area contributed by atoms with E-state index in [0.29, 0.717) is 12.3 Å². The van der Waals surface area contributed by atoms with Gasteiger partial charge in [0, 0.05) is 36.5 Å². The largest absolute Gasteiger partial charge is 0.390 e. The highest BCUT2D eigenvalue weighted by Gasteiger charge is 2.15. The first-order valence-electron chi connectivity index (χ1n) is 9.12. The lowest BCUT2D eigenvalue weighted by Crippen LogP contribution is -2.18. The van der Waals surface area contributed by atoms with Gasteiger partial charge in [0.05, 0.1) is 22.9 Å². The van der Waals surface area contributed by atoms with E-state index < -0.39 is 6.10 Å². The summed E-state index contributed by atoms with van der Waals surface area (Å²) in [5.74, 6) is 0.605. The summed E-state index contributed by atoms with van der Waals surface area (Å²) < 4.78 is 6.50. The van der Waals surface area contributed by atoms with Gasteiger partial charge in [-0.3, -0.25) is 0 Å². The minimum Gasteiger partial charge on any atom is -0.390 e. The van der Waals surface area contributed by atoms with Gasteiger partial charge in [-0.25, -0.2) is 4.98 Å². The molecule has 29 heavy (non-hydrogen) atoms. The molecule has 5 aromatic rings. The highest BCUT2D eigenvalue weighted by Crippen LogP contribution is 2.34. The first-order valence-corrected chi connectivity index (χ1v) is 12.5. The van der Waals surface area contributed by atoms with E-state index in [1.165, 1.54) is 15.5 Å². The summed E-state index contributed by atoms with van der Waals surface area (Å²) in [5, 5.41) is 13.2. The Labute approximate surface area is 193 Å². The van der Waals surface area contributed by atoms with Crippen LogP contribution >= 0.6 is 55.0 Å². The molecule has 1 N–H and O–H groups in total. The molecule has 0 aliphatic rings. The Bertz CT molecular complexity index is 1250. The molecule has 0 radical (unpaired) electrons. The van der Waals surface area contributed by atoms with Gasteiger partial charge in [-0.2, -0.15) is 0 Å². The monoisotopic (exact) mass is 546 g/mol. The van der Waals surface area contributed by atoms with Crippen molar-refractivity contribution in [3.05, 3.63) is 69.6 Å². The number of aliphatic hydroxyl groups excluding tert-OH is 1. The molecule has 0 fully saturated rings. The van der Waals surface area contributed by atoms with E-state index in [1.54, 1.807) is 23.1 Å². The van der Waals surface area contributed by atoms with Gasteiger partial charge in [-0.1, -0.05) is 55.8 Å². The number of hydrogen-bond donors (Lipinski definition) is 1. The van der Waals surface area contributed by atoms with Gasteiger partial charge < -0.3 is 9.67 Å². The average Bonchev–Trinajstić information content (AvgIpc) is 3.25. The van der Waals surface area contributed by atoms with Crippen LogP contribution in [0.4, 0.5) is 0 Å². The summed E-state index contributed by atoms with van der Waals surface area (Å²) >= 11 is 10.5. The molecule has 0 aliphatic heterocycles. The molecule has 2 aromatic heterocycles. The standard InChI is InChI=1S/C22H16Br2N2OS2/c23-13-5-7-19-16(9-13)17-10-14(24)6-8-20(17)26(19)11-15(27)12-28-22-25-18-3-1-2-4-21(18)29-22/h1-10,15,27H,11-12H2/t15-/m0/s1. The maximum absolute atomic E-state index is 10.8. The molecule has 0 amide bonds. The Balaban J connectivity index is 1.42. The Morgan fingerprint density at radius 1 is 0.966 bits per heavy atom. The number of benzene rings is 3. The number of para-hydroxylation sites is 1. The fourth-order valence-electron chi connectivity index (χ4n) is 3.59. The van der Waals surface area contributed by atoms with Crippen LogP contribution in [0.25, 0.3) is 32.0 Å². The number of thiazole rings is 1. The molecule has 0 unspecified atom stereocenters. The number of fused-ring (bicyclic) bond motifs is 4. The topological polar surface area (TPSA) is 38.1 Å². The number of halogens is 2. The van der Waals surface area contributed by atoms with E-state index in [-0.39, 0.29) is 0 Å². The minimum atomic E-state index is -0.474. The van der Waals surface area contributed by atoms with Crippen molar-refractivity contribution in [2.45, 2.75) is 17.0 Å². The molecule has 0 bridgehead atoms. The van der Waals surface area contributed by atoms with Crippen LogP contribution < -0.4 is 0 Å². The molecule has 2 heterocycles. The van der Waals surface area contributed by atoms with E-state index in [4.69, 9.17) is 0 Å². The maximum atomic E-state index is 10.8. The van der Waals surface area contributed by atoms with E-state index >= 15 is 0 Å². The van der Waals surface area contributed by atoms with Crippen LogP contribution in [0.15, 0.2) is 73.9 Å². The Kier molecular flexibility index (Phi) is 5.43. The zero-order chi connectivity index (χ0) is 20.0. The molecule has 3 nitrogen and oxygen atoms in total. The molecule has 0 aliphatic carbocycles. The van der Waals surface area contributed by atoms with Crippen LogP contribution in [0, 0.1) is 0 Å². The van der Waals surface area contributed by atoms with Crippen molar-refractivity contribution in [2.75, 3.05) is 5.75 Å². The summed E-state index contributed by atoms with van der Waals surface area (Å²) in [6.45, 7) is 0.543. The van der Waals surface area contributed by atoms with E-state index in [2.05, 4.69) is 83.9 Å². The predicted octanol–water partition coefficient (Wildman–Crippen LogP) is 7.08. The normalized spacial score (nSPS) is 12.9. The van der Waals surface area contributed by atoms with Crippen LogP contribution in [0.1, 0.15) is 0 Å². The molecule has 1 atom stereocenters. The van der Waals surface area contributed by atoms with E-state index in [1.807, 2.05) is 18.2 Å². The summed E-state index contributed by atoms with van der Waals surface area (Å²) in [6.07, 6.45) is -0.474. The Morgan fingerprint density at radius 3 is 2.28 bits per heavy atom. The van der Waals surface area contributed by atoms with Gasteiger partial charge in [-0.15, -0.1) is 11.3 Å². The molecule has 0 spiro atoms. The third-order valence-corrected chi connectivity index (χ3v) is 8.17. The summed E-state index contributed by atoms with van der Waals surface area (Å²) in [5.41, 5.74) is 3.28. The van der Waals surface area contributed by atoms with Crippen molar-refractivity contribution in [3.8, 4) is 0 Å². The van der Waals surface area contributed by atoms with Gasteiger partial charge >= 0.3 is 0 Å². The predicted molar refractivity (Wildman–Crippen MR) is 131 cm³/mol. The van der Waals surface area contributed by atoms with Gasteiger partial charge in [0.1, 0.15) is 0 Å². The fourth-order valence-corrected chi connectivity index (χ4v) is 6.32. The van der Waals surface area contributed by atoms with Crippen LogP contribution in [-0.2, 0) is 6.54 Å². The number of nitrogens with zero attached hydrogens (tertiary/aromatic N) is 2. The molecule has 0 saturated carbocycles. The van der Waals surface area contributed by atoms with Gasteiger partial charge in [0.2, 0.25) is 0 Å². The second-order valence-electron chi connectivity index (χ2n) is 6.85. The van der Waals surface area contributed by atoms with Crippen molar-refractivity contribution in [1.82, 2.24) is 9.55 Å². The lowest BCUT2D eigenvalue weighted by molar-refractivity contribution is 0.181. The summed E-state index contributed by atoms with van der Waals surface area (Å²) in [7, 11) is 0. The second kappa shape index (κ2) is 8.04. The fraction of sp³-hybridized carbons (Fsp3) is 0.136. The molecule has 0 saturated heterocycles. The highest BCUT2D eigenvalue weighted by molar-refractivity contribution is 9.10. The van der Waals surface area contributed by atoms with Crippen LogP contribution in [0.2, 0.25) is 0 Å². The third-order valence-electron chi connectivity index (χ3n) is 4.86. The van der Waals surface area contributed by atoms with Gasteiger partial charge in [-0.05, 0) is 48.5 Å². The lowest BCUT2D eigenvalue weighted by Gasteiger charge is -2.13. The van der Waals surface area contributed by atoms with E-state index in [9.17, 15) is 5.11 Å². The van der Waals surface area contributed by atoms with E-state index in [0.717, 1.165) is 29.8 Å². The molecule has 7 heteroatoms. The smallest absolute Gasteiger partial charge is 0.151 e. The zero-order valence-corrected chi connectivity index (χ0v) is 20.0. The first-order chi connectivity index (χ1) is 14.1. The average molecular weight is 548 g/mol. The number of rotatable bonds is 5. The summed E-state index contributed by atoms with van der Waals surface area (Å²) in [6, 6.07) is 20.8. The maximum Gasteiger partial charge on any atom is 0.151 e. The molecule has 3 aromatic carbocycles. The van der Waals surface area contributed by atoms with Crippen molar-refractivity contribution < 1.29 is 5.11 Å². The molecular weight excluding hydrogens is 532 g/mol. The van der Waals surface area contributed by atoms with Crippen molar-refractivity contribution in [2.24, 2.45) is 0 Å². The molecular formula is C22H16Br2N2OS2. The van der Waals surface area contributed by atoms with Crippen molar-refractivity contribution in [1.29, 1.82) is 0 Å². The summed E-state index contributed by atoms with van der Waals surface area (Å²) in [4.78, 5) is 4.65. The van der Waals surface area contributed by atoms with Gasteiger partial charge in [0.25, 0.3) is 0 Å². The SMILES string of the molecule is O[C@H](CSc1nc2ccccc2s1)Cn1c2ccc(Br)cc2c2cc(Br)ccc21. The number of hydrogen-bond acceptors (Lipinski definition) is 4. The van der Waals surface area contributed by atoms with Crippen LogP contribution in [0.5, 0.6) is 0 Å². The molecule has 146 valence electrons. The number of aromatic nitrogens is 2. The Hall–Kier alpha value is -1.38. The number of thioether (sulfide) groups is 1. The number of aliphatic hydroxyl groups is 1. The second-order valence-corrected chi connectivity index (χ2v) is 11.0. The quantitative estimate of drug-likeness (QED) is 0.239. The zero-order valence-electron chi connectivity index (χ0n) is 15.2.